The van der Waals surface area contributed by atoms with Gasteiger partial charge in [-0.25, -0.2) is 0 Å². The summed E-state index contributed by atoms with van der Waals surface area (Å²) in [6.07, 6.45) is 0. The van der Waals surface area contributed by atoms with E-state index in [0.29, 0.717) is 0 Å². The van der Waals surface area contributed by atoms with Gasteiger partial charge in [0.25, 0.3) is 0 Å². The maximum absolute atomic E-state index is 2.39. The molecule has 1 aromatic heterocycles. The first-order valence-electron chi connectivity index (χ1n) is 9.96. The predicted molar refractivity (Wildman–Crippen MR) is 124 cm³/mol. The van der Waals surface area contributed by atoms with Crippen LogP contribution in [0.2, 0.25) is 0 Å². The van der Waals surface area contributed by atoms with Gasteiger partial charge in [-0.05, 0) is 46.2 Å². The van der Waals surface area contributed by atoms with Crippen molar-refractivity contribution in [3.63, 3.8) is 0 Å². The molecule has 1 heteroatoms. The smallest absolute Gasteiger partial charge is 0.0547 e. The summed E-state index contributed by atoms with van der Waals surface area (Å²) < 4.78 is 2.39. The number of hydrogen-bond donors (Lipinski definition) is 0. The zero-order chi connectivity index (χ0) is 19.2. The third-order valence-corrected chi connectivity index (χ3v) is 5.77. The highest BCUT2D eigenvalue weighted by Crippen LogP contribution is 2.35. The summed E-state index contributed by atoms with van der Waals surface area (Å²) in [5.74, 6) is 0. The molecule has 0 saturated heterocycles. The zero-order valence-electron chi connectivity index (χ0n) is 15.9. The van der Waals surface area contributed by atoms with E-state index in [0.717, 1.165) is 0 Å². The fourth-order valence-corrected chi connectivity index (χ4v) is 4.37. The molecule has 0 saturated carbocycles. The van der Waals surface area contributed by atoms with Gasteiger partial charge in [0.1, 0.15) is 0 Å². The van der Waals surface area contributed by atoms with Gasteiger partial charge in [0.15, 0.2) is 0 Å². The van der Waals surface area contributed by atoms with Crippen molar-refractivity contribution in [2.75, 3.05) is 0 Å². The van der Waals surface area contributed by atoms with E-state index >= 15 is 0 Å². The van der Waals surface area contributed by atoms with Crippen LogP contribution >= 0.6 is 0 Å². The number of para-hydroxylation sites is 1. The van der Waals surface area contributed by atoms with Crippen LogP contribution in [0.4, 0.5) is 0 Å². The van der Waals surface area contributed by atoms with E-state index in [9.17, 15) is 0 Å². The number of aromatic nitrogens is 1. The Morgan fingerprint density at radius 3 is 2.03 bits per heavy atom. The molecule has 5 aromatic carbocycles. The van der Waals surface area contributed by atoms with Gasteiger partial charge in [-0.2, -0.15) is 0 Å². The lowest BCUT2D eigenvalue weighted by molar-refractivity contribution is 1.19. The van der Waals surface area contributed by atoms with Gasteiger partial charge in [-0.3, -0.25) is 0 Å². The van der Waals surface area contributed by atoms with E-state index in [1.165, 1.54) is 49.4 Å². The van der Waals surface area contributed by atoms with Crippen molar-refractivity contribution in [3.8, 4) is 16.8 Å². The Morgan fingerprint density at radius 1 is 0.414 bits per heavy atom. The van der Waals surface area contributed by atoms with E-state index in [1.54, 1.807) is 0 Å². The molecule has 0 bridgehead atoms. The minimum absolute atomic E-state index is 1.19. The maximum Gasteiger partial charge on any atom is 0.0547 e. The molecule has 1 heterocycles. The first-order chi connectivity index (χ1) is 14.4. The molecule has 1 nitrogen and oxygen atoms in total. The second kappa shape index (κ2) is 6.35. The Morgan fingerprint density at radius 2 is 1.14 bits per heavy atom. The van der Waals surface area contributed by atoms with Crippen molar-refractivity contribution in [1.29, 1.82) is 0 Å². The van der Waals surface area contributed by atoms with Crippen LogP contribution < -0.4 is 0 Å². The SMILES string of the molecule is c1ccc(-c2ccc3c4ccccc4n(-c4ccc5ccccc5c4)c3c2)cc1. The average molecular weight is 369 g/mol. The molecular formula is C28H19N. The normalized spacial score (nSPS) is 11.4. The number of nitrogens with zero attached hydrogens (tertiary/aromatic N) is 1. The lowest BCUT2D eigenvalue weighted by atomic mass is 10.0. The molecule has 0 radical (unpaired) electrons. The lowest BCUT2D eigenvalue weighted by Gasteiger charge is -2.10. The first kappa shape index (κ1) is 16.1. The van der Waals surface area contributed by atoms with Crippen molar-refractivity contribution < 1.29 is 0 Å². The van der Waals surface area contributed by atoms with Crippen molar-refractivity contribution in [3.05, 3.63) is 115 Å². The van der Waals surface area contributed by atoms with E-state index in [1.807, 2.05) is 0 Å². The maximum atomic E-state index is 2.39. The van der Waals surface area contributed by atoms with E-state index in [-0.39, 0.29) is 0 Å². The van der Waals surface area contributed by atoms with Crippen molar-refractivity contribution in [2.45, 2.75) is 0 Å². The summed E-state index contributed by atoms with van der Waals surface area (Å²) >= 11 is 0. The Balaban J connectivity index is 1.69. The molecule has 29 heavy (non-hydrogen) atoms. The van der Waals surface area contributed by atoms with Gasteiger partial charge >= 0.3 is 0 Å². The molecule has 0 N–H and O–H groups in total. The standard InChI is InChI=1S/C28H19N/c1-2-8-20(9-3-1)23-15-17-26-25-12-6-7-13-27(25)29(28(26)19-23)24-16-14-21-10-4-5-11-22(21)18-24/h1-19H. The van der Waals surface area contributed by atoms with Crippen LogP contribution in [0.3, 0.4) is 0 Å². The summed E-state index contributed by atoms with van der Waals surface area (Å²) in [6.45, 7) is 0. The zero-order valence-corrected chi connectivity index (χ0v) is 15.9. The predicted octanol–water partition coefficient (Wildman–Crippen LogP) is 7.60. The van der Waals surface area contributed by atoms with Gasteiger partial charge in [0.2, 0.25) is 0 Å². The first-order valence-corrected chi connectivity index (χ1v) is 9.96. The Labute approximate surface area is 169 Å². The second-order valence-electron chi connectivity index (χ2n) is 7.48. The molecular weight excluding hydrogens is 350 g/mol. The highest BCUT2D eigenvalue weighted by atomic mass is 15.0. The molecule has 0 amide bonds. The Bertz CT molecular complexity index is 1490. The van der Waals surface area contributed by atoms with Crippen LogP contribution in [0.25, 0.3) is 49.4 Å². The molecule has 0 atom stereocenters. The van der Waals surface area contributed by atoms with Gasteiger partial charge in [-0.1, -0.05) is 91.0 Å². The topological polar surface area (TPSA) is 4.93 Å². The number of rotatable bonds is 2. The molecule has 0 unspecified atom stereocenters. The van der Waals surface area contributed by atoms with Crippen LogP contribution in [0.5, 0.6) is 0 Å². The van der Waals surface area contributed by atoms with Gasteiger partial charge in [0.05, 0.1) is 11.0 Å². The lowest BCUT2D eigenvalue weighted by Crippen LogP contribution is -1.94. The summed E-state index contributed by atoms with van der Waals surface area (Å²) in [4.78, 5) is 0. The molecule has 0 fully saturated rings. The minimum atomic E-state index is 1.19. The van der Waals surface area contributed by atoms with Gasteiger partial charge < -0.3 is 4.57 Å². The Kier molecular flexibility index (Phi) is 3.54. The Hall–Kier alpha value is -3.84. The monoisotopic (exact) mass is 369 g/mol. The van der Waals surface area contributed by atoms with E-state index in [2.05, 4.69) is 120 Å². The van der Waals surface area contributed by atoms with E-state index in [4.69, 9.17) is 0 Å². The summed E-state index contributed by atoms with van der Waals surface area (Å²) in [7, 11) is 0. The number of fused-ring (bicyclic) bond motifs is 4. The molecule has 0 aliphatic rings. The number of hydrogen-bond acceptors (Lipinski definition) is 0. The molecule has 6 rings (SSSR count). The third-order valence-electron chi connectivity index (χ3n) is 5.77. The highest BCUT2D eigenvalue weighted by molar-refractivity contribution is 6.10. The van der Waals surface area contributed by atoms with Crippen LogP contribution in [0.1, 0.15) is 0 Å². The average Bonchev–Trinajstić information content (AvgIpc) is 3.13. The molecule has 0 spiro atoms. The van der Waals surface area contributed by atoms with Crippen molar-refractivity contribution in [2.24, 2.45) is 0 Å². The molecule has 0 aliphatic carbocycles. The van der Waals surface area contributed by atoms with E-state index < -0.39 is 0 Å². The summed E-state index contributed by atoms with van der Waals surface area (Å²) in [6, 6.07) is 41.4. The van der Waals surface area contributed by atoms with Crippen LogP contribution in [0.15, 0.2) is 115 Å². The number of benzene rings is 5. The quantitative estimate of drug-likeness (QED) is 0.296. The molecule has 0 aliphatic heterocycles. The van der Waals surface area contributed by atoms with Crippen LogP contribution in [-0.4, -0.2) is 4.57 Å². The summed E-state index contributed by atoms with van der Waals surface area (Å²) in [5, 5.41) is 5.10. The fraction of sp³-hybridized carbons (Fsp3) is 0. The van der Waals surface area contributed by atoms with Crippen LogP contribution in [0, 0.1) is 0 Å². The molecule has 136 valence electrons. The third kappa shape index (κ3) is 2.55. The van der Waals surface area contributed by atoms with Gasteiger partial charge in [0, 0.05) is 16.5 Å². The molecule has 6 aromatic rings. The van der Waals surface area contributed by atoms with Gasteiger partial charge in [-0.15, -0.1) is 0 Å². The highest BCUT2D eigenvalue weighted by Gasteiger charge is 2.13. The van der Waals surface area contributed by atoms with Crippen molar-refractivity contribution >= 4 is 32.6 Å². The van der Waals surface area contributed by atoms with Crippen LogP contribution in [-0.2, 0) is 0 Å². The second-order valence-corrected chi connectivity index (χ2v) is 7.48. The van der Waals surface area contributed by atoms with Crippen molar-refractivity contribution in [1.82, 2.24) is 4.57 Å². The fourth-order valence-electron chi connectivity index (χ4n) is 4.37. The largest absolute Gasteiger partial charge is 0.309 e. The minimum Gasteiger partial charge on any atom is -0.309 e. The summed E-state index contributed by atoms with van der Waals surface area (Å²) in [5.41, 5.74) is 6.15.